The van der Waals surface area contributed by atoms with Gasteiger partial charge in [0.2, 0.25) is 0 Å². The summed E-state index contributed by atoms with van der Waals surface area (Å²) in [5.41, 5.74) is 0. The minimum absolute atomic E-state index is 0.00878. The van der Waals surface area contributed by atoms with Gasteiger partial charge in [0.05, 0.1) is 0 Å². The second-order valence-corrected chi connectivity index (χ2v) is 10.6. The molecule has 11 heteroatoms. The van der Waals surface area contributed by atoms with E-state index in [1.54, 1.807) is 0 Å². The molecule has 1 atom stereocenters. The Bertz CT molecular complexity index is 464. The predicted octanol–water partition coefficient (Wildman–Crippen LogP) is 3.63. The zero-order valence-corrected chi connectivity index (χ0v) is 16.8. The molecule has 156 valence electrons. The molecule has 0 aromatic rings. The van der Waals surface area contributed by atoms with E-state index in [-0.39, 0.29) is 12.7 Å². The van der Waals surface area contributed by atoms with Crippen LogP contribution >= 0.6 is 15.2 Å². The SMILES string of the molecule is O=P(O)(O)C(F)(CCCCCCCCCOC1CCCCO1)P(=O)(O)O. The van der Waals surface area contributed by atoms with Crippen LogP contribution in [0.25, 0.3) is 0 Å². The fourth-order valence-corrected chi connectivity index (χ4v) is 5.11. The van der Waals surface area contributed by atoms with Crippen LogP contribution < -0.4 is 0 Å². The highest BCUT2D eigenvalue weighted by atomic mass is 31.2. The van der Waals surface area contributed by atoms with Gasteiger partial charge in [-0.1, -0.05) is 32.1 Å². The zero-order chi connectivity index (χ0) is 19.7. The highest BCUT2D eigenvalue weighted by Crippen LogP contribution is 2.71. The first-order valence-corrected chi connectivity index (χ1v) is 12.3. The van der Waals surface area contributed by atoms with Crippen molar-refractivity contribution in [3.63, 3.8) is 0 Å². The number of halogens is 1. The van der Waals surface area contributed by atoms with Gasteiger partial charge < -0.3 is 29.0 Å². The highest BCUT2D eigenvalue weighted by molar-refractivity contribution is 7.72. The molecule has 1 fully saturated rings. The third kappa shape index (κ3) is 8.03. The van der Waals surface area contributed by atoms with Crippen LogP contribution in [0, 0.1) is 0 Å². The minimum Gasteiger partial charge on any atom is -0.353 e. The lowest BCUT2D eigenvalue weighted by Crippen LogP contribution is -2.23. The van der Waals surface area contributed by atoms with E-state index >= 15 is 0 Å². The summed E-state index contributed by atoms with van der Waals surface area (Å²) in [5, 5.41) is -3.78. The Morgan fingerprint density at radius 3 is 1.96 bits per heavy atom. The van der Waals surface area contributed by atoms with Gasteiger partial charge in [-0.05, 0) is 32.1 Å². The number of hydrogen-bond donors (Lipinski definition) is 4. The Labute approximate surface area is 153 Å². The van der Waals surface area contributed by atoms with Crippen molar-refractivity contribution < 1.29 is 42.6 Å². The van der Waals surface area contributed by atoms with Crippen molar-refractivity contribution in [3.8, 4) is 0 Å². The fraction of sp³-hybridized carbons (Fsp3) is 1.00. The van der Waals surface area contributed by atoms with Crippen LogP contribution in [0.3, 0.4) is 0 Å². The molecule has 1 aliphatic heterocycles. The summed E-state index contributed by atoms with van der Waals surface area (Å²) in [6.07, 6.45) is 7.13. The van der Waals surface area contributed by atoms with Crippen molar-refractivity contribution in [1.82, 2.24) is 0 Å². The Balaban J connectivity index is 2.06. The molecule has 4 N–H and O–H groups in total. The first-order chi connectivity index (χ1) is 12.1. The quantitative estimate of drug-likeness (QED) is 0.262. The second-order valence-electron chi connectivity index (χ2n) is 6.70. The van der Waals surface area contributed by atoms with Crippen LogP contribution in [-0.2, 0) is 18.6 Å². The van der Waals surface area contributed by atoms with Gasteiger partial charge in [-0.15, -0.1) is 0 Å². The van der Waals surface area contributed by atoms with E-state index in [4.69, 9.17) is 29.0 Å². The predicted molar refractivity (Wildman–Crippen MR) is 94.4 cm³/mol. The standard InChI is InChI=1S/C15H31FO8P2/c16-15(25(17,18)19,26(20,21)22)11-7-4-2-1-3-5-8-12-23-14-10-6-9-13-24-14/h14H,1-13H2,(H2,17,18,19)(H2,20,21,22). The van der Waals surface area contributed by atoms with Crippen molar-refractivity contribution in [2.24, 2.45) is 0 Å². The summed E-state index contributed by atoms with van der Waals surface area (Å²) >= 11 is 0. The number of alkyl halides is 1. The first kappa shape index (κ1) is 24.2. The van der Waals surface area contributed by atoms with Crippen LogP contribution in [0.4, 0.5) is 4.39 Å². The van der Waals surface area contributed by atoms with Crippen molar-refractivity contribution in [2.75, 3.05) is 13.2 Å². The molecular formula is C15H31FO8P2. The van der Waals surface area contributed by atoms with Gasteiger partial charge in [-0.2, -0.15) is 0 Å². The normalized spacial score (nSPS) is 19.7. The zero-order valence-electron chi connectivity index (χ0n) is 15.0. The molecule has 1 rings (SSSR count). The summed E-state index contributed by atoms with van der Waals surface area (Å²) in [6, 6.07) is 0. The number of unbranched alkanes of at least 4 members (excludes halogenated alkanes) is 6. The molecule has 0 spiro atoms. The Hall–Kier alpha value is 0.150. The molecule has 0 bridgehead atoms. The van der Waals surface area contributed by atoms with E-state index in [2.05, 4.69) is 0 Å². The molecular weight excluding hydrogens is 389 g/mol. The van der Waals surface area contributed by atoms with Gasteiger partial charge in [0.15, 0.2) is 6.29 Å². The number of rotatable bonds is 13. The molecule has 0 aromatic carbocycles. The fourth-order valence-electron chi connectivity index (χ4n) is 2.85. The van der Waals surface area contributed by atoms with Crippen molar-refractivity contribution in [1.29, 1.82) is 0 Å². The highest BCUT2D eigenvalue weighted by Gasteiger charge is 2.60. The molecule has 0 aromatic heterocycles. The van der Waals surface area contributed by atoms with Crippen molar-refractivity contribution >= 4 is 15.2 Å². The average molecular weight is 420 g/mol. The molecule has 1 aliphatic rings. The van der Waals surface area contributed by atoms with E-state index in [1.807, 2.05) is 0 Å². The summed E-state index contributed by atoms with van der Waals surface area (Å²) in [7, 11) is -11.1. The van der Waals surface area contributed by atoms with Crippen molar-refractivity contribution in [3.05, 3.63) is 0 Å². The van der Waals surface area contributed by atoms with Gasteiger partial charge in [0.1, 0.15) is 0 Å². The molecule has 8 nitrogen and oxygen atoms in total. The smallest absolute Gasteiger partial charge is 0.353 e. The van der Waals surface area contributed by atoms with Crippen LogP contribution in [0.1, 0.15) is 70.6 Å². The molecule has 1 unspecified atom stereocenters. The molecule has 26 heavy (non-hydrogen) atoms. The minimum atomic E-state index is -5.55. The lowest BCUT2D eigenvalue weighted by Gasteiger charge is -2.26. The first-order valence-electron chi connectivity index (χ1n) is 9.11. The number of ether oxygens (including phenoxy) is 2. The van der Waals surface area contributed by atoms with E-state index in [0.29, 0.717) is 19.4 Å². The maximum atomic E-state index is 14.1. The van der Waals surface area contributed by atoms with Crippen LogP contribution in [0.5, 0.6) is 0 Å². The molecule has 0 amide bonds. The molecule has 0 radical (unpaired) electrons. The van der Waals surface area contributed by atoms with Gasteiger partial charge in [0, 0.05) is 19.6 Å². The van der Waals surface area contributed by atoms with Gasteiger partial charge in [-0.25, -0.2) is 4.39 Å². The summed E-state index contributed by atoms with van der Waals surface area (Å²) in [4.78, 5) is 35.7. The monoisotopic (exact) mass is 420 g/mol. The summed E-state index contributed by atoms with van der Waals surface area (Å²) < 4.78 is 47.4. The van der Waals surface area contributed by atoms with Crippen LogP contribution in [0.15, 0.2) is 0 Å². The van der Waals surface area contributed by atoms with Gasteiger partial charge >= 0.3 is 20.3 Å². The second kappa shape index (κ2) is 11.2. The molecule has 1 heterocycles. The molecule has 1 saturated heterocycles. The van der Waals surface area contributed by atoms with Crippen molar-refractivity contribution in [2.45, 2.75) is 82.1 Å². The van der Waals surface area contributed by atoms with E-state index in [0.717, 1.165) is 51.6 Å². The van der Waals surface area contributed by atoms with E-state index in [9.17, 15) is 13.5 Å². The van der Waals surface area contributed by atoms with Gasteiger partial charge in [-0.3, -0.25) is 9.13 Å². The van der Waals surface area contributed by atoms with Gasteiger partial charge in [0.25, 0.3) is 0 Å². The molecule has 0 aliphatic carbocycles. The average Bonchev–Trinajstić information content (AvgIpc) is 2.55. The summed E-state index contributed by atoms with van der Waals surface area (Å²) in [5.74, 6) is 0. The number of hydrogen-bond acceptors (Lipinski definition) is 4. The maximum Gasteiger partial charge on any atom is 0.375 e. The Morgan fingerprint density at radius 2 is 1.46 bits per heavy atom. The van der Waals surface area contributed by atoms with E-state index in [1.165, 1.54) is 0 Å². The van der Waals surface area contributed by atoms with Crippen LogP contribution in [0.2, 0.25) is 0 Å². The third-order valence-corrected chi connectivity index (χ3v) is 8.27. The summed E-state index contributed by atoms with van der Waals surface area (Å²) in [6.45, 7) is 1.41. The van der Waals surface area contributed by atoms with E-state index < -0.39 is 26.8 Å². The third-order valence-electron chi connectivity index (χ3n) is 4.47. The Morgan fingerprint density at radius 1 is 0.923 bits per heavy atom. The Kier molecular flexibility index (Phi) is 10.4. The largest absolute Gasteiger partial charge is 0.375 e. The maximum absolute atomic E-state index is 14.1. The lowest BCUT2D eigenvalue weighted by molar-refractivity contribution is -0.162. The molecule has 0 saturated carbocycles. The topological polar surface area (TPSA) is 134 Å². The lowest BCUT2D eigenvalue weighted by atomic mass is 10.1. The van der Waals surface area contributed by atoms with Crippen LogP contribution in [-0.4, -0.2) is 44.2 Å².